The zero-order chi connectivity index (χ0) is 18.6. The van der Waals surface area contributed by atoms with Gasteiger partial charge in [0.2, 0.25) is 12.3 Å². The molecule has 0 bridgehead atoms. The number of benzene rings is 2. The zero-order valence-corrected chi connectivity index (χ0v) is 14.4. The van der Waals surface area contributed by atoms with Crippen molar-refractivity contribution >= 4 is 18.0 Å². The molecule has 0 saturated carbocycles. The van der Waals surface area contributed by atoms with Crippen LogP contribution in [0.15, 0.2) is 83.5 Å². The molecule has 27 heavy (non-hydrogen) atoms. The molecule has 2 aromatic carbocycles. The number of rotatable bonds is 4. The van der Waals surface area contributed by atoms with Crippen LogP contribution in [0.3, 0.4) is 0 Å². The van der Waals surface area contributed by atoms with Crippen LogP contribution in [-0.2, 0) is 4.79 Å². The van der Waals surface area contributed by atoms with Gasteiger partial charge in [-0.25, -0.2) is 0 Å². The standard InChI is InChI=1S/C21H17N3O3/c25-20(16-10-5-2-6-11-16)22-18-19(15-8-3-1-4-9-15)24(23-21(18)26)14-17-12-7-13-27-17/h1-14,18-19H,(H-,22,23,25,26)/p+1/b24-14-/t18-,19-/m0/s1. The Morgan fingerprint density at radius 3 is 2.37 bits per heavy atom. The van der Waals surface area contributed by atoms with Crippen molar-refractivity contribution in [1.82, 2.24) is 10.7 Å². The van der Waals surface area contributed by atoms with Crippen molar-refractivity contribution < 1.29 is 18.7 Å². The number of nitrogens with one attached hydrogen (secondary N) is 2. The van der Waals surface area contributed by atoms with E-state index in [1.54, 1.807) is 53.6 Å². The van der Waals surface area contributed by atoms with Gasteiger partial charge in [-0.05, 0) is 24.3 Å². The number of furan rings is 1. The average Bonchev–Trinajstić information content (AvgIpc) is 3.32. The number of hydrazine groups is 1. The van der Waals surface area contributed by atoms with Crippen molar-refractivity contribution in [2.24, 2.45) is 0 Å². The van der Waals surface area contributed by atoms with Gasteiger partial charge in [0.15, 0.2) is 11.8 Å². The van der Waals surface area contributed by atoms with E-state index in [-0.39, 0.29) is 11.8 Å². The van der Waals surface area contributed by atoms with E-state index in [9.17, 15) is 9.59 Å². The first-order valence-corrected chi connectivity index (χ1v) is 8.60. The number of nitrogens with zero attached hydrogens (tertiary/aromatic N) is 1. The van der Waals surface area contributed by atoms with E-state index in [2.05, 4.69) is 10.7 Å². The zero-order valence-electron chi connectivity index (χ0n) is 14.4. The Kier molecular flexibility index (Phi) is 4.53. The maximum atomic E-state index is 12.6. The van der Waals surface area contributed by atoms with Gasteiger partial charge in [-0.2, -0.15) is 0 Å². The van der Waals surface area contributed by atoms with E-state index in [1.165, 1.54) is 0 Å². The van der Waals surface area contributed by atoms with Crippen molar-refractivity contribution in [3.05, 3.63) is 95.9 Å². The van der Waals surface area contributed by atoms with Gasteiger partial charge in [-0.1, -0.05) is 48.5 Å². The molecule has 4 rings (SSSR count). The largest absolute Gasteiger partial charge is 0.459 e. The Balaban J connectivity index is 1.68. The number of hydrogen-bond donors (Lipinski definition) is 2. The molecule has 6 heteroatoms. The highest BCUT2D eigenvalue weighted by Crippen LogP contribution is 2.25. The SMILES string of the molecule is O=C(N[C@@H]1C(=O)N/[N+](=C\c2ccco2)[C@H]1c1ccccc1)c1ccccc1. The van der Waals surface area contributed by atoms with Crippen LogP contribution >= 0.6 is 0 Å². The molecular weight excluding hydrogens is 342 g/mol. The Morgan fingerprint density at radius 2 is 1.70 bits per heavy atom. The third-order valence-electron chi connectivity index (χ3n) is 4.41. The Hall–Kier alpha value is -3.67. The lowest BCUT2D eigenvalue weighted by Gasteiger charge is -2.14. The Morgan fingerprint density at radius 1 is 1.00 bits per heavy atom. The first kappa shape index (κ1) is 16.8. The van der Waals surface area contributed by atoms with Gasteiger partial charge in [-0.15, -0.1) is 10.1 Å². The lowest BCUT2D eigenvalue weighted by molar-refractivity contribution is -0.596. The highest BCUT2D eigenvalue weighted by molar-refractivity contribution is 5.98. The lowest BCUT2D eigenvalue weighted by atomic mass is 10.00. The lowest BCUT2D eigenvalue weighted by Crippen LogP contribution is -2.42. The molecule has 0 radical (unpaired) electrons. The Bertz CT molecular complexity index is 966. The second-order valence-electron chi connectivity index (χ2n) is 6.20. The predicted octanol–water partition coefficient (Wildman–Crippen LogP) is 2.30. The summed E-state index contributed by atoms with van der Waals surface area (Å²) in [6.45, 7) is 0. The van der Waals surface area contributed by atoms with Crippen LogP contribution in [0.25, 0.3) is 0 Å². The molecular formula is C21H18N3O3+. The van der Waals surface area contributed by atoms with Crippen molar-refractivity contribution in [1.29, 1.82) is 0 Å². The van der Waals surface area contributed by atoms with Gasteiger partial charge in [0.05, 0.1) is 6.26 Å². The van der Waals surface area contributed by atoms with Crippen LogP contribution in [0.2, 0.25) is 0 Å². The second-order valence-corrected chi connectivity index (χ2v) is 6.20. The van der Waals surface area contributed by atoms with Crippen LogP contribution in [0.1, 0.15) is 27.7 Å². The normalized spacial score (nSPS) is 20.4. The summed E-state index contributed by atoms with van der Waals surface area (Å²) >= 11 is 0. The minimum Gasteiger partial charge on any atom is -0.459 e. The summed E-state index contributed by atoms with van der Waals surface area (Å²) in [6.07, 6.45) is 3.28. The Labute approximate surface area is 156 Å². The maximum Gasteiger partial charge on any atom is 0.304 e. The number of hydrazone groups is 1. The van der Waals surface area contributed by atoms with E-state index in [4.69, 9.17) is 4.42 Å². The van der Waals surface area contributed by atoms with Crippen LogP contribution < -0.4 is 10.7 Å². The quantitative estimate of drug-likeness (QED) is 0.701. The smallest absolute Gasteiger partial charge is 0.304 e. The van der Waals surface area contributed by atoms with Gasteiger partial charge < -0.3 is 9.73 Å². The van der Waals surface area contributed by atoms with Crippen molar-refractivity contribution in [3.8, 4) is 0 Å². The molecule has 1 aromatic heterocycles. The summed E-state index contributed by atoms with van der Waals surface area (Å²) in [7, 11) is 0. The van der Waals surface area contributed by atoms with Crippen LogP contribution in [0.4, 0.5) is 0 Å². The number of carbonyl (C=O) groups excluding carboxylic acids is 2. The van der Waals surface area contributed by atoms with Gasteiger partial charge in [0, 0.05) is 11.1 Å². The molecule has 1 aliphatic rings. The first-order chi connectivity index (χ1) is 13.2. The van der Waals surface area contributed by atoms with Crippen LogP contribution in [0, 0.1) is 0 Å². The summed E-state index contributed by atoms with van der Waals surface area (Å²) in [5.74, 6) is 0.0266. The molecule has 1 saturated heterocycles. The molecule has 6 nitrogen and oxygen atoms in total. The van der Waals surface area contributed by atoms with Gasteiger partial charge in [-0.3, -0.25) is 9.59 Å². The molecule has 1 aliphatic heterocycles. The number of hydrogen-bond acceptors (Lipinski definition) is 3. The molecule has 134 valence electrons. The van der Waals surface area contributed by atoms with Gasteiger partial charge >= 0.3 is 5.91 Å². The molecule has 0 aliphatic carbocycles. The molecule has 2 atom stereocenters. The summed E-state index contributed by atoms with van der Waals surface area (Å²) < 4.78 is 7.04. The minimum atomic E-state index is -0.744. The third-order valence-corrected chi connectivity index (χ3v) is 4.41. The van der Waals surface area contributed by atoms with Crippen LogP contribution in [0.5, 0.6) is 0 Å². The van der Waals surface area contributed by atoms with E-state index < -0.39 is 12.1 Å². The monoisotopic (exact) mass is 360 g/mol. The average molecular weight is 360 g/mol. The summed E-state index contributed by atoms with van der Waals surface area (Å²) in [5, 5.41) is 2.86. The van der Waals surface area contributed by atoms with E-state index >= 15 is 0 Å². The molecule has 1 fully saturated rings. The topological polar surface area (TPSA) is 74.3 Å². The molecule has 2 amide bonds. The van der Waals surface area contributed by atoms with Crippen molar-refractivity contribution in [3.63, 3.8) is 0 Å². The fraction of sp³-hybridized carbons (Fsp3) is 0.0952. The highest BCUT2D eigenvalue weighted by Gasteiger charge is 2.47. The fourth-order valence-electron chi connectivity index (χ4n) is 3.15. The fourth-order valence-corrected chi connectivity index (χ4v) is 3.15. The van der Waals surface area contributed by atoms with Gasteiger partial charge in [0.25, 0.3) is 5.91 Å². The number of amides is 2. The van der Waals surface area contributed by atoms with Crippen molar-refractivity contribution in [2.75, 3.05) is 0 Å². The molecule has 0 unspecified atom stereocenters. The summed E-state index contributed by atoms with van der Waals surface area (Å²) in [4.78, 5) is 25.3. The predicted molar refractivity (Wildman–Crippen MR) is 99.2 cm³/mol. The molecule has 2 heterocycles. The summed E-state index contributed by atoms with van der Waals surface area (Å²) in [5.41, 5.74) is 4.22. The molecule has 0 spiro atoms. The summed E-state index contributed by atoms with van der Waals surface area (Å²) in [6, 6.07) is 20.8. The molecule has 2 N–H and O–H groups in total. The van der Waals surface area contributed by atoms with Crippen molar-refractivity contribution in [2.45, 2.75) is 12.1 Å². The second kappa shape index (κ2) is 7.29. The van der Waals surface area contributed by atoms with Gasteiger partial charge in [0.1, 0.15) is 0 Å². The maximum absolute atomic E-state index is 12.6. The number of carbonyl (C=O) groups is 2. The minimum absolute atomic E-state index is 0.282. The van der Waals surface area contributed by atoms with E-state index in [0.717, 1.165) is 5.56 Å². The molecule has 3 aromatic rings. The third kappa shape index (κ3) is 3.50. The highest BCUT2D eigenvalue weighted by atomic mass is 16.3. The van der Waals surface area contributed by atoms with Crippen LogP contribution in [-0.4, -0.2) is 28.8 Å². The first-order valence-electron chi connectivity index (χ1n) is 8.60. The van der Waals surface area contributed by atoms with E-state index in [1.807, 2.05) is 36.4 Å². The van der Waals surface area contributed by atoms with E-state index in [0.29, 0.717) is 11.3 Å².